The van der Waals surface area contributed by atoms with Gasteiger partial charge < -0.3 is 24.6 Å². The van der Waals surface area contributed by atoms with E-state index in [4.69, 9.17) is 23.6 Å². The fraction of sp³-hybridized carbons (Fsp3) is 0.534. The molecule has 0 aliphatic heterocycles. The number of hydrogen-bond donors (Lipinski definition) is 3. The zero-order valence-electron chi connectivity index (χ0n) is 42.0. The van der Waals surface area contributed by atoms with Gasteiger partial charge in [0.15, 0.2) is 0 Å². The first kappa shape index (κ1) is 64.1. The van der Waals surface area contributed by atoms with Crippen molar-refractivity contribution < 1.29 is 43.0 Å². The van der Waals surface area contributed by atoms with Crippen molar-refractivity contribution in [3.63, 3.8) is 0 Å². The van der Waals surface area contributed by atoms with Crippen molar-refractivity contribution in [2.45, 2.75) is 167 Å². The summed E-state index contributed by atoms with van der Waals surface area (Å²) in [5, 5.41) is 18.4. The van der Waals surface area contributed by atoms with Crippen LogP contribution in [-0.4, -0.2) is 66.3 Å². The zero-order valence-corrected chi connectivity index (χ0v) is 42.9. The van der Waals surface area contributed by atoms with Gasteiger partial charge in [0.2, 0.25) is 0 Å². The third-order valence-corrected chi connectivity index (χ3v) is 10.7. The van der Waals surface area contributed by atoms with E-state index in [1.807, 2.05) is 0 Å². The second-order valence-electron chi connectivity index (χ2n) is 16.1. The Hall–Kier alpha value is -3.92. The summed E-state index contributed by atoms with van der Waals surface area (Å²) in [4.78, 5) is 22.7. The maximum atomic E-state index is 12.7. The lowest BCUT2D eigenvalue weighted by atomic mass is 10.1. The number of aliphatic hydroxyl groups is 2. The number of aliphatic hydroxyl groups excluding tert-OH is 2. The topological polar surface area (TPSA) is 132 Å². The van der Waals surface area contributed by atoms with Crippen molar-refractivity contribution in [3.8, 4) is 0 Å². The fourth-order valence-electron chi connectivity index (χ4n) is 5.92. The van der Waals surface area contributed by atoms with E-state index in [0.717, 1.165) is 128 Å². The van der Waals surface area contributed by atoms with Gasteiger partial charge in [-0.3, -0.25) is 13.8 Å². The second kappa shape index (κ2) is 52.5. The molecule has 0 aromatic carbocycles. The van der Waals surface area contributed by atoms with Crippen LogP contribution in [0.2, 0.25) is 0 Å². The largest absolute Gasteiger partial charge is 0.472 e. The lowest BCUT2D eigenvalue weighted by Gasteiger charge is -2.20. The summed E-state index contributed by atoms with van der Waals surface area (Å²) in [7, 11) is -4.56. The molecule has 0 spiro atoms. The molecule has 0 radical (unpaired) electrons. The van der Waals surface area contributed by atoms with Crippen molar-refractivity contribution in [2.75, 3.05) is 33.0 Å². The monoisotopic (exact) mass is 963 g/mol. The molecule has 3 unspecified atom stereocenters. The molecule has 0 saturated carbocycles. The van der Waals surface area contributed by atoms with Crippen LogP contribution in [0.5, 0.6) is 0 Å². The van der Waals surface area contributed by atoms with Crippen molar-refractivity contribution in [1.82, 2.24) is 0 Å². The summed E-state index contributed by atoms with van der Waals surface area (Å²) in [6, 6.07) is 0. The van der Waals surface area contributed by atoms with E-state index in [2.05, 4.69) is 172 Å². The van der Waals surface area contributed by atoms with Crippen molar-refractivity contribution >= 4 is 13.8 Å². The molecule has 3 N–H and O–H groups in total. The lowest BCUT2D eigenvalue weighted by molar-refractivity contribution is -0.154. The number of phosphoric ester groups is 1. The molecular formula is C58H91O9P. The highest BCUT2D eigenvalue weighted by molar-refractivity contribution is 7.47. The fourth-order valence-corrected chi connectivity index (χ4v) is 6.71. The molecule has 9 nitrogen and oxygen atoms in total. The van der Waals surface area contributed by atoms with E-state index in [-0.39, 0.29) is 13.0 Å². The average molecular weight is 963 g/mol. The normalized spacial score (nSPS) is 15.1. The molecule has 0 fully saturated rings. The van der Waals surface area contributed by atoms with E-state index in [1.54, 1.807) is 0 Å². The Balaban J connectivity index is 4.30. The van der Waals surface area contributed by atoms with E-state index in [0.29, 0.717) is 13.0 Å². The Morgan fingerprint density at radius 3 is 1.18 bits per heavy atom. The van der Waals surface area contributed by atoms with Gasteiger partial charge in [-0.2, -0.15) is 0 Å². The minimum absolute atomic E-state index is 0.00448. The van der Waals surface area contributed by atoms with Crippen LogP contribution < -0.4 is 0 Å². The Morgan fingerprint density at radius 1 is 0.456 bits per heavy atom. The highest BCUT2D eigenvalue weighted by Gasteiger charge is 2.26. The highest BCUT2D eigenvalue weighted by atomic mass is 31.2. The SMILES string of the molecule is CC/C=C\C/C=C\C/C=C\C/C=C\C/C=C\C/C=C\C/C=C\CCCCOCC(COP(=O)(O)OCC(O)CO)OC(=O)CCCCCC/C=C\C/C=C\C/C=C\C/C=C\C/C=C\C/C=C\CC. The number of unbranched alkanes of at least 4 members (excludes halogenated alkanes) is 6. The van der Waals surface area contributed by atoms with Crippen LogP contribution in [0.4, 0.5) is 0 Å². The Morgan fingerprint density at radius 2 is 0.794 bits per heavy atom. The quantitative estimate of drug-likeness (QED) is 0.0236. The Kier molecular flexibility index (Phi) is 49.4. The maximum absolute atomic E-state index is 12.7. The molecule has 382 valence electrons. The smallest absolute Gasteiger partial charge is 0.457 e. The first-order valence-corrected chi connectivity index (χ1v) is 27.0. The van der Waals surface area contributed by atoms with Crippen LogP contribution in [0.25, 0.3) is 0 Å². The Labute approximate surface area is 413 Å². The van der Waals surface area contributed by atoms with Crippen molar-refractivity contribution in [3.05, 3.63) is 158 Å². The molecule has 3 atom stereocenters. The van der Waals surface area contributed by atoms with E-state index < -0.39 is 45.8 Å². The highest BCUT2D eigenvalue weighted by Crippen LogP contribution is 2.43. The summed E-state index contributed by atoms with van der Waals surface area (Å²) < 4.78 is 33.4. The van der Waals surface area contributed by atoms with Crippen LogP contribution in [0.3, 0.4) is 0 Å². The van der Waals surface area contributed by atoms with Gasteiger partial charge in [0.1, 0.15) is 12.2 Å². The number of hydrogen-bond acceptors (Lipinski definition) is 8. The van der Waals surface area contributed by atoms with E-state index in [9.17, 15) is 19.4 Å². The minimum atomic E-state index is -4.56. The van der Waals surface area contributed by atoms with Gasteiger partial charge in [-0.05, 0) is 122 Å². The molecule has 10 heteroatoms. The number of phosphoric acid groups is 1. The first-order valence-electron chi connectivity index (χ1n) is 25.5. The minimum Gasteiger partial charge on any atom is -0.457 e. The van der Waals surface area contributed by atoms with E-state index >= 15 is 0 Å². The molecule has 0 saturated heterocycles. The third-order valence-electron chi connectivity index (χ3n) is 9.71. The van der Waals surface area contributed by atoms with Gasteiger partial charge in [0.25, 0.3) is 0 Å². The third kappa shape index (κ3) is 51.5. The number of esters is 1. The molecule has 0 aliphatic rings. The molecule has 0 heterocycles. The summed E-state index contributed by atoms with van der Waals surface area (Å²) in [6.45, 7) is 3.09. The van der Waals surface area contributed by atoms with Crippen LogP contribution in [0.1, 0.15) is 155 Å². The van der Waals surface area contributed by atoms with Crippen LogP contribution >= 0.6 is 7.82 Å². The Bertz CT molecular complexity index is 1610. The van der Waals surface area contributed by atoms with Gasteiger partial charge in [0.05, 0.1) is 26.4 Å². The molecule has 0 aromatic rings. The van der Waals surface area contributed by atoms with Crippen LogP contribution in [0.15, 0.2) is 158 Å². The van der Waals surface area contributed by atoms with Gasteiger partial charge in [-0.25, -0.2) is 4.57 Å². The van der Waals surface area contributed by atoms with Gasteiger partial charge in [-0.15, -0.1) is 0 Å². The molecule has 68 heavy (non-hydrogen) atoms. The summed E-state index contributed by atoms with van der Waals surface area (Å²) in [5.41, 5.74) is 0. The molecule has 0 amide bonds. The number of allylic oxidation sites excluding steroid dienone is 26. The van der Waals surface area contributed by atoms with Crippen LogP contribution in [0, 0.1) is 0 Å². The summed E-state index contributed by atoms with van der Waals surface area (Å²) in [5.74, 6) is -0.430. The van der Waals surface area contributed by atoms with Crippen molar-refractivity contribution in [1.29, 1.82) is 0 Å². The average Bonchev–Trinajstić information content (AvgIpc) is 3.33. The predicted molar refractivity (Wildman–Crippen MR) is 287 cm³/mol. The number of ether oxygens (including phenoxy) is 2. The molecular weight excluding hydrogens is 872 g/mol. The molecule has 0 aromatic heterocycles. The van der Waals surface area contributed by atoms with Crippen LogP contribution in [-0.2, 0) is 27.9 Å². The number of rotatable bonds is 46. The number of carbonyl (C=O) groups excluding carboxylic acids is 1. The first-order chi connectivity index (χ1) is 33.3. The zero-order chi connectivity index (χ0) is 49.5. The van der Waals surface area contributed by atoms with E-state index in [1.165, 1.54) is 0 Å². The molecule has 0 bridgehead atoms. The molecule has 0 aliphatic carbocycles. The van der Waals surface area contributed by atoms with Gasteiger partial charge in [0, 0.05) is 13.0 Å². The summed E-state index contributed by atoms with van der Waals surface area (Å²) >= 11 is 0. The standard InChI is InChI=1S/C58H91O9P/c1-3-5-7-9-11-13-15-17-19-21-23-25-27-29-31-33-35-37-39-41-43-45-47-49-51-64-54-57(55-66-68(62,63)65-53-56(60)52-59)67-58(61)50-48-46-44-42-40-38-36-34-32-30-28-26-24-22-20-18-16-14-12-10-8-6-4-2/h5-8,11-14,17-20,23-26,29-32,35-38,41,43,56-57,59-60H,3-4,9-10,15-16,21-22,27-28,33-34,39-40,42,44-55H2,1-2H3,(H,62,63)/b7-5-,8-6-,13-11-,14-12-,19-17-,20-18-,25-23-,26-24-,31-29-,32-30-,37-35-,38-36-,43-41-. The number of carbonyl (C=O) groups is 1. The van der Waals surface area contributed by atoms with Gasteiger partial charge >= 0.3 is 13.8 Å². The predicted octanol–water partition coefficient (Wildman–Crippen LogP) is 15.3. The summed E-state index contributed by atoms with van der Waals surface area (Å²) in [6.07, 6.45) is 75.0. The maximum Gasteiger partial charge on any atom is 0.472 e. The molecule has 0 rings (SSSR count). The van der Waals surface area contributed by atoms with Gasteiger partial charge in [-0.1, -0.05) is 185 Å². The lowest BCUT2D eigenvalue weighted by Crippen LogP contribution is -2.29. The van der Waals surface area contributed by atoms with Crippen molar-refractivity contribution in [2.24, 2.45) is 0 Å². The second-order valence-corrected chi connectivity index (χ2v) is 17.5.